The molecule has 1 N–H and O–H groups in total. The Labute approximate surface area is 180 Å². The molecule has 0 radical (unpaired) electrons. The number of rotatable bonds is 5. The number of esters is 1. The molecule has 0 amide bonds. The predicted molar refractivity (Wildman–Crippen MR) is 109 cm³/mol. The Morgan fingerprint density at radius 2 is 1.89 bits per heavy atom. The summed E-state index contributed by atoms with van der Waals surface area (Å²) in [4.78, 5) is 26.5. The van der Waals surface area contributed by atoms with Crippen molar-refractivity contribution in [3.63, 3.8) is 0 Å². The number of carbonyl (C=O) groups excluding carboxylic acids is 1. The Morgan fingerprint density at radius 3 is 2.43 bits per heavy atom. The van der Waals surface area contributed by atoms with E-state index in [1.54, 1.807) is 26.0 Å². The third kappa shape index (κ3) is 5.86. The number of halogens is 5. The molecule has 154 valence electrons. The number of pyridine rings is 1. The van der Waals surface area contributed by atoms with Crippen molar-refractivity contribution in [2.45, 2.75) is 42.9 Å². The van der Waals surface area contributed by atoms with Crippen LogP contribution in [0, 0.1) is 6.92 Å². The summed E-state index contributed by atoms with van der Waals surface area (Å²) in [6, 6.07) is 4.15. The van der Waals surface area contributed by atoms with Crippen molar-refractivity contribution in [1.29, 1.82) is 0 Å². The maximum Gasteiger partial charge on any atom is 0.362 e. The number of H-pyrrole nitrogens is 1. The van der Waals surface area contributed by atoms with Crippen LogP contribution in [0.1, 0.15) is 42.4 Å². The van der Waals surface area contributed by atoms with Gasteiger partial charge in [-0.25, -0.2) is 4.79 Å². The number of aryl methyl sites for hydroxylation is 1. The van der Waals surface area contributed by atoms with E-state index >= 15 is 0 Å². The first kappa shape index (κ1) is 24.8. The van der Waals surface area contributed by atoms with Crippen LogP contribution in [0.15, 0.2) is 32.8 Å². The Hall–Kier alpha value is -1.28. The average molecular weight is 473 g/mol. The average Bonchev–Trinajstić information content (AvgIpc) is 2.62. The lowest BCUT2D eigenvalue weighted by molar-refractivity contribution is 0.0517. The number of nitrogens with one attached hydrogen (secondary N) is 1. The van der Waals surface area contributed by atoms with Crippen LogP contribution in [-0.4, -0.2) is 17.6 Å². The highest BCUT2D eigenvalue weighted by atomic mass is 35.5. The topological polar surface area (TPSA) is 59.2 Å². The van der Waals surface area contributed by atoms with Crippen LogP contribution in [0.4, 0.5) is 8.78 Å². The van der Waals surface area contributed by atoms with Crippen LogP contribution in [0.5, 0.6) is 0 Å². The highest BCUT2D eigenvalue weighted by molar-refractivity contribution is 7.99. The molecule has 2 rings (SSSR count). The summed E-state index contributed by atoms with van der Waals surface area (Å²) >= 11 is 18.2. The highest BCUT2D eigenvalue weighted by Crippen LogP contribution is 2.42. The van der Waals surface area contributed by atoms with Crippen molar-refractivity contribution in [2.24, 2.45) is 0 Å². The van der Waals surface area contributed by atoms with E-state index in [0.717, 1.165) is 17.8 Å². The minimum Gasteiger partial charge on any atom is -0.462 e. The molecule has 28 heavy (non-hydrogen) atoms. The molecule has 0 saturated heterocycles. The number of aromatic amines is 1. The van der Waals surface area contributed by atoms with Gasteiger partial charge in [0.05, 0.1) is 16.7 Å². The zero-order chi connectivity index (χ0) is 21.6. The van der Waals surface area contributed by atoms with Crippen LogP contribution in [0.3, 0.4) is 0 Å². The molecule has 4 nitrogen and oxygen atoms in total. The first-order chi connectivity index (χ1) is 13.1. The van der Waals surface area contributed by atoms with E-state index in [4.69, 9.17) is 39.5 Å². The third-order valence-corrected chi connectivity index (χ3v) is 5.64. The second-order valence-electron chi connectivity index (χ2n) is 5.08. The van der Waals surface area contributed by atoms with Crippen LogP contribution in [-0.2, 0) is 10.1 Å². The first-order valence-electron chi connectivity index (χ1n) is 8.20. The van der Waals surface area contributed by atoms with E-state index in [1.165, 1.54) is 0 Å². The molecule has 1 aromatic heterocycles. The van der Waals surface area contributed by atoms with Gasteiger partial charge in [0, 0.05) is 9.79 Å². The number of carbonyl (C=O) groups is 1. The van der Waals surface area contributed by atoms with Gasteiger partial charge in [-0.05, 0) is 43.1 Å². The second-order valence-corrected chi connectivity index (χ2v) is 7.39. The van der Waals surface area contributed by atoms with Gasteiger partial charge in [0.1, 0.15) is 11.3 Å². The molecule has 0 bridgehead atoms. The van der Waals surface area contributed by atoms with E-state index in [1.807, 2.05) is 18.8 Å². The van der Waals surface area contributed by atoms with E-state index in [-0.39, 0.29) is 21.5 Å². The number of ether oxygens (including phenoxy) is 1. The zero-order valence-corrected chi connectivity index (χ0v) is 18.5. The molecule has 2 aromatic rings. The zero-order valence-electron chi connectivity index (χ0n) is 15.5. The van der Waals surface area contributed by atoms with Crippen LogP contribution in [0.25, 0.3) is 0 Å². The molecule has 0 saturated carbocycles. The van der Waals surface area contributed by atoms with Crippen LogP contribution >= 0.6 is 46.6 Å². The van der Waals surface area contributed by atoms with Crippen molar-refractivity contribution in [3.05, 3.63) is 55.4 Å². The summed E-state index contributed by atoms with van der Waals surface area (Å²) in [7, 11) is 0. The summed E-state index contributed by atoms with van der Waals surface area (Å²) in [5.74, 6) is -0.958. The Morgan fingerprint density at radius 1 is 1.29 bits per heavy atom. The van der Waals surface area contributed by atoms with Crippen molar-refractivity contribution < 1.29 is 18.3 Å². The lowest BCUT2D eigenvalue weighted by Gasteiger charge is -2.14. The summed E-state index contributed by atoms with van der Waals surface area (Å²) in [5.41, 5.74) is -1.66. The number of alkyl halides is 3. The van der Waals surface area contributed by atoms with Crippen LogP contribution < -0.4 is 5.56 Å². The van der Waals surface area contributed by atoms with Crippen molar-refractivity contribution in [2.75, 3.05) is 6.61 Å². The largest absolute Gasteiger partial charge is 0.462 e. The summed E-state index contributed by atoms with van der Waals surface area (Å²) in [6.07, 6.45) is 0. The van der Waals surface area contributed by atoms with E-state index in [2.05, 4.69) is 0 Å². The Bertz CT molecular complexity index is 914. The summed E-state index contributed by atoms with van der Waals surface area (Å²) in [6.45, 7) is 7.28. The normalized spacial score (nSPS) is 10.9. The fourth-order valence-electron chi connectivity index (χ4n) is 2.00. The standard InChI is InChI=1S/C16H12Cl3F2NO3S.C2H6/c1-3-25-15(24)11-9(6-10(16(19,20)21)22-14(11)23)26-13-8(17)5-4-7(2)12(13)18;1-2/h4-6H,3H2,1-2H3,(H,22,23);1-2H3. The smallest absolute Gasteiger partial charge is 0.362 e. The molecule has 0 aliphatic carbocycles. The molecule has 0 fully saturated rings. The molecule has 1 heterocycles. The van der Waals surface area contributed by atoms with Gasteiger partial charge < -0.3 is 9.72 Å². The number of aromatic nitrogens is 1. The molecule has 0 atom stereocenters. The molecule has 0 aliphatic heterocycles. The molecule has 1 aromatic carbocycles. The van der Waals surface area contributed by atoms with Gasteiger partial charge in [0.25, 0.3) is 5.56 Å². The lowest BCUT2D eigenvalue weighted by Crippen LogP contribution is -2.24. The van der Waals surface area contributed by atoms with E-state index < -0.39 is 28.2 Å². The molecule has 0 spiro atoms. The summed E-state index contributed by atoms with van der Waals surface area (Å²) < 4.78 is 31.8. The number of benzene rings is 1. The first-order valence-corrected chi connectivity index (χ1v) is 10.1. The maximum absolute atomic E-state index is 13.5. The molecular formula is C18H18Cl3F2NO3S. The maximum atomic E-state index is 13.5. The van der Waals surface area contributed by atoms with Gasteiger partial charge in [-0.1, -0.05) is 54.9 Å². The molecule has 0 aliphatic rings. The number of hydrogen-bond acceptors (Lipinski definition) is 4. The van der Waals surface area contributed by atoms with Crippen molar-refractivity contribution in [3.8, 4) is 0 Å². The quantitative estimate of drug-likeness (QED) is 0.392. The molecule has 0 unspecified atom stereocenters. The predicted octanol–water partition coefficient (Wildman–Crippen LogP) is 6.63. The van der Waals surface area contributed by atoms with Gasteiger partial charge in [0.2, 0.25) is 0 Å². The minimum atomic E-state index is -3.83. The van der Waals surface area contributed by atoms with Crippen LogP contribution in [0.2, 0.25) is 10.0 Å². The van der Waals surface area contributed by atoms with Gasteiger partial charge >= 0.3 is 11.4 Å². The third-order valence-electron chi connectivity index (χ3n) is 3.24. The highest BCUT2D eigenvalue weighted by Gasteiger charge is 2.32. The van der Waals surface area contributed by atoms with E-state index in [9.17, 15) is 18.4 Å². The van der Waals surface area contributed by atoms with Gasteiger partial charge in [0.15, 0.2) is 0 Å². The SMILES string of the molecule is CC.CCOC(=O)c1c(Sc2c(Cl)ccc(C)c2Cl)cc(C(F)(F)Cl)[nH]c1=O. The minimum absolute atomic E-state index is 0.00174. The monoisotopic (exact) mass is 471 g/mol. The lowest BCUT2D eigenvalue weighted by atomic mass is 10.2. The molecular weight excluding hydrogens is 455 g/mol. The van der Waals surface area contributed by atoms with Gasteiger partial charge in [-0.15, -0.1) is 0 Å². The second kappa shape index (κ2) is 10.5. The number of hydrogen-bond donors (Lipinski definition) is 1. The summed E-state index contributed by atoms with van der Waals surface area (Å²) in [5, 5.41) is -3.32. The van der Waals surface area contributed by atoms with Crippen molar-refractivity contribution >= 4 is 52.5 Å². The Balaban J connectivity index is 0.00000190. The van der Waals surface area contributed by atoms with E-state index in [0.29, 0.717) is 10.5 Å². The fourth-order valence-corrected chi connectivity index (χ4v) is 3.80. The Kier molecular flexibility index (Phi) is 9.27. The molecule has 10 heteroatoms. The van der Waals surface area contributed by atoms with Crippen molar-refractivity contribution in [1.82, 2.24) is 4.98 Å². The van der Waals surface area contributed by atoms with Gasteiger partial charge in [-0.3, -0.25) is 4.79 Å². The fraction of sp³-hybridized carbons (Fsp3) is 0.333. The van der Waals surface area contributed by atoms with Gasteiger partial charge in [-0.2, -0.15) is 8.78 Å².